The lowest BCUT2D eigenvalue weighted by Crippen LogP contribution is -2.01. The van der Waals surface area contributed by atoms with E-state index in [1.807, 2.05) is 6.07 Å². The number of benzene rings is 1. The Morgan fingerprint density at radius 3 is 2.92 bits per heavy atom. The van der Waals surface area contributed by atoms with E-state index < -0.39 is 0 Å². The Labute approximate surface area is 72.7 Å². The zero-order valence-electron chi connectivity index (χ0n) is 7.08. The van der Waals surface area contributed by atoms with Crippen molar-refractivity contribution in [2.24, 2.45) is 0 Å². The van der Waals surface area contributed by atoms with E-state index in [0.29, 0.717) is 0 Å². The third-order valence-electron chi connectivity index (χ3n) is 2.11. The number of ether oxygens (including phenoxy) is 1. The minimum Gasteiger partial charge on any atom is -0.501 e. The first-order valence-corrected chi connectivity index (χ1v) is 4.07. The van der Waals surface area contributed by atoms with Crippen molar-refractivity contribution in [3.05, 3.63) is 53.6 Å². The lowest BCUT2D eigenvalue weighted by atomic mass is 9.96. The van der Waals surface area contributed by atoms with Gasteiger partial charge in [0.2, 0.25) is 0 Å². The van der Waals surface area contributed by atoms with Gasteiger partial charge in [-0.25, -0.2) is 0 Å². The Bertz CT molecular complexity index is 313. The van der Waals surface area contributed by atoms with Crippen molar-refractivity contribution in [2.75, 3.05) is 7.11 Å². The van der Waals surface area contributed by atoms with Crippen molar-refractivity contribution in [2.45, 2.75) is 6.42 Å². The van der Waals surface area contributed by atoms with Crippen LogP contribution in [0.25, 0.3) is 0 Å². The molecule has 12 heavy (non-hydrogen) atoms. The molecule has 0 spiro atoms. The average molecular weight is 159 g/mol. The Morgan fingerprint density at radius 1 is 1.25 bits per heavy atom. The van der Waals surface area contributed by atoms with Crippen molar-refractivity contribution in [1.29, 1.82) is 0 Å². The van der Waals surface area contributed by atoms with Crippen LogP contribution in [0.5, 0.6) is 0 Å². The highest BCUT2D eigenvalue weighted by atomic mass is 16.5. The Morgan fingerprint density at radius 2 is 2.08 bits per heavy atom. The Balaban J connectivity index is 2.31. The molecule has 0 aromatic heterocycles. The first kappa shape index (κ1) is 7.41. The number of fused-ring (bicyclic) bond motifs is 1. The van der Waals surface area contributed by atoms with Gasteiger partial charge in [-0.3, -0.25) is 0 Å². The maximum Gasteiger partial charge on any atom is 0.100 e. The van der Waals surface area contributed by atoms with Crippen LogP contribution in [0, 0.1) is 6.42 Å². The van der Waals surface area contributed by atoms with Gasteiger partial charge >= 0.3 is 0 Å². The van der Waals surface area contributed by atoms with Crippen LogP contribution in [-0.2, 0) is 11.2 Å². The summed E-state index contributed by atoms with van der Waals surface area (Å²) < 4.78 is 5.15. The molecule has 2 rings (SSSR count). The smallest absolute Gasteiger partial charge is 0.100 e. The van der Waals surface area contributed by atoms with Crippen LogP contribution in [0.4, 0.5) is 0 Å². The van der Waals surface area contributed by atoms with Gasteiger partial charge in [0.05, 0.1) is 13.5 Å². The molecule has 1 aromatic rings. The van der Waals surface area contributed by atoms with Gasteiger partial charge in [-0.15, -0.1) is 0 Å². The summed E-state index contributed by atoms with van der Waals surface area (Å²) in [7, 11) is 1.70. The second kappa shape index (κ2) is 3.02. The minimum atomic E-state index is 0.966. The first-order valence-electron chi connectivity index (χ1n) is 4.07. The molecule has 0 fully saturated rings. The number of methoxy groups -OCH3 is 1. The van der Waals surface area contributed by atoms with Crippen LogP contribution in [0.1, 0.15) is 11.1 Å². The van der Waals surface area contributed by atoms with Crippen molar-refractivity contribution < 1.29 is 4.74 Å². The fourth-order valence-corrected chi connectivity index (χ4v) is 1.43. The molecule has 0 bridgehead atoms. The third kappa shape index (κ3) is 1.22. The molecule has 1 nitrogen and oxygen atoms in total. The number of hydrogen-bond donors (Lipinski definition) is 0. The minimum absolute atomic E-state index is 0.966. The molecular weight excluding hydrogens is 148 g/mol. The SMILES string of the molecule is COC1=CCc2ccccc2[CH]1. The van der Waals surface area contributed by atoms with Crippen molar-refractivity contribution >= 4 is 0 Å². The molecular formula is C11H11O. The summed E-state index contributed by atoms with van der Waals surface area (Å²) in [6, 6.07) is 8.38. The van der Waals surface area contributed by atoms with E-state index in [9.17, 15) is 0 Å². The monoisotopic (exact) mass is 159 g/mol. The van der Waals surface area contributed by atoms with E-state index in [4.69, 9.17) is 4.74 Å². The predicted octanol–water partition coefficient (Wildman–Crippen LogP) is 2.33. The fraction of sp³-hybridized carbons (Fsp3) is 0.182. The van der Waals surface area contributed by atoms with Crippen molar-refractivity contribution in [3.63, 3.8) is 0 Å². The van der Waals surface area contributed by atoms with E-state index >= 15 is 0 Å². The van der Waals surface area contributed by atoms with Gasteiger partial charge in [-0.05, 0) is 23.6 Å². The van der Waals surface area contributed by atoms with Gasteiger partial charge in [0.15, 0.2) is 0 Å². The van der Waals surface area contributed by atoms with Crippen LogP contribution >= 0.6 is 0 Å². The maximum atomic E-state index is 5.15. The fourth-order valence-electron chi connectivity index (χ4n) is 1.43. The van der Waals surface area contributed by atoms with Gasteiger partial charge in [-0.2, -0.15) is 0 Å². The summed E-state index contributed by atoms with van der Waals surface area (Å²) in [6.45, 7) is 0. The highest BCUT2D eigenvalue weighted by Gasteiger charge is 2.09. The molecule has 1 heteroatoms. The first-order chi connectivity index (χ1) is 5.90. The molecule has 1 aromatic carbocycles. The molecule has 0 N–H and O–H groups in total. The number of rotatable bonds is 1. The molecule has 0 amide bonds. The van der Waals surface area contributed by atoms with E-state index in [1.54, 1.807) is 7.11 Å². The van der Waals surface area contributed by atoms with Gasteiger partial charge in [-0.1, -0.05) is 24.3 Å². The standard InChI is InChI=1S/C11H11O/c1-12-11-7-6-9-4-2-3-5-10(9)8-11/h2-5,7-8H,6H2,1H3. The number of hydrogen-bond acceptors (Lipinski definition) is 1. The highest BCUT2D eigenvalue weighted by molar-refractivity contribution is 5.43. The molecule has 1 radical (unpaired) electrons. The predicted molar refractivity (Wildman–Crippen MR) is 48.6 cm³/mol. The largest absolute Gasteiger partial charge is 0.501 e. The molecule has 1 aliphatic rings. The molecule has 0 heterocycles. The third-order valence-corrected chi connectivity index (χ3v) is 2.11. The van der Waals surface area contributed by atoms with Gasteiger partial charge in [0.25, 0.3) is 0 Å². The summed E-state index contributed by atoms with van der Waals surface area (Å²) in [5.74, 6) is 0.966. The molecule has 61 valence electrons. The van der Waals surface area contributed by atoms with Gasteiger partial charge in [0.1, 0.15) is 5.76 Å². The molecule has 0 unspecified atom stereocenters. The van der Waals surface area contributed by atoms with Gasteiger partial charge < -0.3 is 4.74 Å². The zero-order valence-corrected chi connectivity index (χ0v) is 7.08. The lowest BCUT2D eigenvalue weighted by molar-refractivity contribution is 0.298. The zero-order chi connectivity index (χ0) is 8.39. The van der Waals surface area contributed by atoms with E-state index in [-0.39, 0.29) is 0 Å². The number of allylic oxidation sites excluding steroid dienone is 2. The quantitative estimate of drug-likeness (QED) is 0.611. The van der Waals surface area contributed by atoms with E-state index in [2.05, 4.69) is 30.7 Å². The lowest BCUT2D eigenvalue weighted by Gasteiger charge is -2.14. The van der Waals surface area contributed by atoms with Crippen LogP contribution in [0.3, 0.4) is 0 Å². The highest BCUT2D eigenvalue weighted by Crippen LogP contribution is 2.22. The van der Waals surface area contributed by atoms with Gasteiger partial charge in [0, 0.05) is 0 Å². The summed E-state index contributed by atoms with van der Waals surface area (Å²) >= 11 is 0. The normalized spacial score (nSPS) is 14.9. The molecule has 0 atom stereocenters. The summed E-state index contributed by atoms with van der Waals surface area (Å²) in [5, 5.41) is 0. The summed E-state index contributed by atoms with van der Waals surface area (Å²) in [6.07, 6.45) is 5.15. The Hall–Kier alpha value is -1.24. The molecule has 0 saturated carbocycles. The average Bonchev–Trinajstić information content (AvgIpc) is 2.17. The van der Waals surface area contributed by atoms with Crippen LogP contribution in [0.2, 0.25) is 0 Å². The van der Waals surface area contributed by atoms with Crippen molar-refractivity contribution in [3.8, 4) is 0 Å². The van der Waals surface area contributed by atoms with Crippen LogP contribution in [0.15, 0.2) is 36.1 Å². The topological polar surface area (TPSA) is 9.23 Å². The second-order valence-electron chi connectivity index (χ2n) is 2.86. The molecule has 1 aliphatic carbocycles. The van der Waals surface area contributed by atoms with E-state index in [0.717, 1.165) is 12.2 Å². The summed E-state index contributed by atoms with van der Waals surface area (Å²) in [5.41, 5.74) is 2.65. The maximum absolute atomic E-state index is 5.15. The van der Waals surface area contributed by atoms with Crippen molar-refractivity contribution in [1.82, 2.24) is 0 Å². The van der Waals surface area contributed by atoms with E-state index in [1.165, 1.54) is 11.1 Å². The summed E-state index contributed by atoms with van der Waals surface area (Å²) in [4.78, 5) is 0. The molecule has 0 saturated heterocycles. The molecule has 0 aliphatic heterocycles. The van der Waals surface area contributed by atoms with Crippen LogP contribution in [-0.4, -0.2) is 7.11 Å². The second-order valence-corrected chi connectivity index (χ2v) is 2.86. The Kier molecular flexibility index (Phi) is 1.86. The van der Waals surface area contributed by atoms with Crippen LogP contribution < -0.4 is 0 Å².